The first-order valence-corrected chi connectivity index (χ1v) is 14.6. The molecule has 0 bridgehead atoms. The van der Waals surface area contributed by atoms with Crippen LogP contribution in [0, 0.1) is 119 Å². The monoisotopic (exact) mass is 890 g/mol. The van der Waals surface area contributed by atoms with Crippen molar-refractivity contribution in [1.82, 2.24) is 0 Å². The third kappa shape index (κ3) is 5.88. The van der Waals surface area contributed by atoms with Gasteiger partial charge in [-0.25, -0.2) is 87.8 Å². The van der Waals surface area contributed by atoms with Crippen LogP contribution in [0.2, 0.25) is 0 Å². The lowest BCUT2D eigenvalue weighted by atomic mass is 9.12. The van der Waals surface area contributed by atoms with Crippen molar-refractivity contribution in [2.24, 2.45) is 0 Å². The Hall–Kier alpha value is -4.03. The molecular formula is C28H4BF20IS. The molecule has 4 aromatic carbocycles. The molecule has 51 heavy (non-hydrogen) atoms. The highest BCUT2D eigenvalue weighted by atomic mass is 127. The van der Waals surface area contributed by atoms with Gasteiger partial charge >= 0.3 is 22.6 Å². The molecule has 0 aliphatic carbocycles. The molecule has 0 unspecified atom stereocenters. The SMILES string of the molecule is Fc1c(F)c(F)c([B-](c2c(F)c(F)c(F)c(F)c2F)(c2c(F)c(F)c(F)c(F)c2F)c2c(F)c(F)c(F)c(F)c2F)c(F)c1F.[IH+]c1cccs1. The molecule has 0 saturated heterocycles. The molecule has 0 atom stereocenters. The van der Waals surface area contributed by atoms with Crippen molar-refractivity contribution in [1.29, 1.82) is 0 Å². The van der Waals surface area contributed by atoms with Crippen LogP contribution in [0.4, 0.5) is 87.8 Å². The lowest BCUT2D eigenvalue weighted by molar-refractivity contribution is -0.319. The molecule has 272 valence electrons. The predicted molar refractivity (Wildman–Crippen MR) is 134 cm³/mol. The van der Waals surface area contributed by atoms with Gasteiger partial charge in [0.1, 0.15) is 52.7 Å². The van der Waals surface area contributed by atoms with Gasteiger partial charge < -0.3 is 0 Å². The molecule has 1 heterocycles. The molecule has 0 radical (unpaired) electrons. The average Bonchev–Trinajstić information content (AvgIpc) is 3.59. The molecule has 23 heteroatoms. The van der Waals surface area contributed by atoms with Crippen LogP contribution in [0.5, 0.6) is 0 Å². The first-order chi connectivity index (χ1) is 23.6. The minimum absolute atomic E-state index is 1.39. The van der Waals surface area contributed by atoms with E-state index in [1.54, 1.807) is 11.3 Å². The fourth-order valence-electron chi connectivity index (χ4n) is 5.14. The van der Waals surface area contributed by atoms with E-state index in [2.05, 4.69) is 17.5 Å². The minimum Gasteiger partial charge on any atom is -0.207 e. The molecule has 0 N–H and O–H groups in total. The van der Waals surface area contributed by atoms with E-state index in [9.17, 15) is 52.7 Å². The van der Waals surface area contributed by atoms with E-state index in [1.165, 1.54) is 2.88 Å². The highest BCUT2D eigenvalue weighted by Gasteiger charge is 2.52. The highest BCUT2D eigenvalue weighted by Crippen LogP contribution is 2.30. The number of hydrogen-bond donors (Lipinski definition) is 0. The van der Waals surface area contributed by atoms with Crippen LogP contribution < -0.4 is 44.4 Å². The number of hydrogen-bond acceptors (Lipinski definition) is 1. The van der Waals surface area contributed by atoms with Crippen LogP contribution in [0.3, 0.4) is 0 Å². The maximum Gasteiger partial charge on any atom is 0.308 e. The van der Waals surface area contributed by atoms with Gasteiger partial charge in [-0.2, -0.15) is 0 Å². The molecule has 0 aliphatic heterocycles. The van der Waals surface area contributed by atoms with Gasteiger partial charge in [-0.05, 0) is 11.4 Å². The third-order valence-corrected chi connectivity index (χ3v) is 9.08. The van der Waals surface area contributed by atoms with E-state index < -0.39 is 144 Å². The Balaban J connectivity index is 0.000000878. The fraction of sp³-hybridized carbons (Fsp3) is 0. The Morgan fingerprint density at radius 3 is 0.608 bits per heavy atom. The highest BCUT2D eigenvalue weighted by molar-refractivity contribution is 7.20. The maximum absolute atomic E-state index is 15.4. The lowest BCUT2D eigenvalue weighted by Gasteiger charge is -2.44. The van der Waals surface area contributed by atoms with E-state index >= 15 is 35.1 Å². The van der Waals surface area contributed by atoms with Crippen molar-refractivity contribution in [2.45, 2.75) is 0 Å². The van der Waals surface area contributed by atoms with E-state index in [1.807, 2.05) is 22.6 Å². The zero-order valence-electron chi connectivity index (χ0n) is 23.2. The van der Waals surface area contributed by atoms with Crippen molar-refractivity contribution < 1.29 is 110 Å². The fourth-order valence-corrected chi connectivity index (χ4v) is 6.29. The van der Waals surface area contributed by atoms with Gasteiger partial charge in [-0.15, -0.1) is 21.9 Å². The van der Waals surface area contributed by atoms with Gasteiger partial charge in [0.2, 0.25) is 2.88 Å². The van der Waals surface area contributed by atoms with E-state index in [4.69, 9.17) is 0 Å². The summed E-state index contributed by atoms with van der Waals surface area (Å²) in [4.78, 5) is 0. The normalized spacial score (nSPS) is 11.6. The minimum atomic E-state index is -7.22. The summed E-state index contributed by atoms with van der Waals surface area (Å²) in [7, 11) is 0. The summed E-state index contributed by atoms with van der Waals surface area (Å²) >= 11 is 3.82. The largest absolute Gasteiger partial charge is 0.308 e. The Labute approximate surface area is 286 Å². The van der Waals surface area contributed by atoms with Crippen molar-refractivity contribution in [3.8, 4) is 0 Å². The van der Waals surface area contributed by atoms with Crippen LogP contribution in [-0.2, 0) is 0 Å². The van der Waals surface area contributed by atoms with Gasteiger partial charge in [-0.1, -0.05) is 11.3 Å². The van der Waals surface area contributed by atoms with Gasteiger partial charge in [0.25, 0.3) is 0 Å². The van der Waals surface area contributed by atoms with Crippen LogP contribution in [0.15, 0.2) is 17.5 Å². The Morgan fingerprint density at radius 1 is 0.314 bits per heavy atom. The number of halogens is 21. The quantitative estimate of drug-likeness (QED) is 0.0842. The summed E-state index contributed by atoms with van der Waals surface area (Å²) < 4.78 is 295. The van der Waals surface area contributed by atoms with Crippen LogP contribution in [-0.4, -0.2) is 6.15 Å². The third-order valence-electron chi connectivity index (χ3n) is 7.20. The van der Waals surface area contributed by atoms with Crippen molar-refractivity contribution in [3.63, 3.8) is 0 Å². The molecule has 0 nitrogen and oxygen atoms in total. The smallest absolute Gasteiger partial charge is 0.207 e. The van der Waals surface area contributed by atoms with Crippen LogP contribution in [0.25, 0.3) is 0 Å². The summed E-state index contributed by atoms with van der Waals surface area (Å²) in [6.45, 7) is 0. The number of rotatable bonds is 4. The second-order valence-electron chi connectivity index (χ2n) is 9.73. The zero-order chi connectivity index (χ0) is 38.8. The summed E-state index contributed by atoms with van der Waals surface area (Å²) in [5, 5.41) is 2.08. The molecule has 0 aliphatic rings. The summed E-state index contributed by atoms with van der Waals surface area (Å²) in [5.41, 5.74) is -14.3. The van der Waals surface area contributed by atoms with Gasteiger partial charge in [0.15, 0.2) is 69.8 Å². The van der Waals surface area contributed by atoms with Crippen LogP contribution >= 0.6 is 11.3 Å². The number of thiophene rings is 1. The predicted octanol–water partition coefficient (Wildman–Crippen LogP) is 4.05. The summed E-state index contributed by atoms with van der Waals surface area (Å²) in [6, 6.07) is 4.16. The van der Waals surface area contributed by atoms with Gasteiger partial charge in [0.05, 0.1) is 0 Å². The first kappa shape index (κ1) is 39.8. The van der Waals surface area contributed by atoms with Crippen molar-refractivity contribution >= 4 is 39.3 Å². The molecule has 0 spiro atoms. The van der Waals surface area contributed by atoms with Gasteiger partial charge in [-0.3, -0.25) is 0 Å². The second-order valence-corrected chi connectivity index (χ2v) is 12.7. The molecule has 5 aromatic rings. The Morgan fingerprint density at radius 2 is 0.490 bits per heavy atom. The molecule has 0 amide bonds. The van der Waals surface area contributed by atoms with E-state index in [0.717, 1.165) is 0 Å². The lowest BCUT2D eigenvalue weighted by Crippen LogP contribution is -3.33. The van der Waals surface area contributed by atoms with Crippen molar-refractivity contribution in [3.05, 3.63) is 137 Å². The first-order valence-electron chi connectivity index (χ1n) is 12.5. The van der Waals surface area contributed by atoms with Crippen molar-refractivity contribution in [2.75, 3.05) is 0 Å². The molecule has 5 rings (SSSR count). The topological polar surface area (TPSA) is 0 Å². The molecule has 0 fully saturated rings. The second kappa shape index (κ2) is 14.2. The van der Waals surface area contributed by atoms with E-state index in [-0.39, 0.29) is 0 Å². The number of benzene rings is 4. The van der Waals surface area contributed by atoms with Crippen LogP contribution in [0.1, 0.15) is 0 Å². The zero-order valence-corrected chi connectivity index (χ0v) is 26.3. The average molecular weight is 890 g/mol. The van der Waals surface area contributed by atoms with Gasteiger partial charge in [0, 0.05) is 6.07 Å². The Bertz CT molecular complexity index is 1840. The standard InChI is InChI=1S/C24BF20.C4H4IS/c26-5-1(6(27)14(35)21(42)13(5)34)25(2-7(28)15(36)22(43)16(37)8(2)29,3-9(30)17(38)23(44)18(39)10(3)31)4-11(32)19(40)24(45)20(41)12(4)33;5-4-2-1-3-6-4/h;1-3,5H/q-1;+1. The van der Waals surface area contributed by atoms with E-state index in [0.29, 0.717) is 0 Å². The maximum atomic E-state index is 15.4. The summed E-state index contributed by atoms with van der Waals surface area (Å²) in [5.74, 6) is -71.4. The molecule has 0 saturated carbocycles. The summed E-state index contributed by atoms with van der Waals surface area (Å²) in [6.07, 6.45) is -7.22. The Kier molecular flexibility index (Phi) is 11.1. The molecular weight excluding hydrogens is 886 g/mol. The molecule has 1 aromatic heterocycles.